The molecule has 0 aliphatic heterocycles. The second-order valence-electron chi connectivity index (χ2n) is 7.90. The summed E-state index contributed by atoms with van der Waals surface area (Å²) in [7, 11) is 1.01. The minimum Gasteiger partial charge on any atom is -0.464 e. The van der Waals surface area contributed by atoms with Crippen molar-refractivity contribution < 1.29 is 59.2 Å². The van der Waals surface area contributed by atoms with Crippen LogP contribution in [0, 0.1) is 10.7 Å². The summed E-state index contributed by atoms with van der Waals surface area (Å²) in [5, 5.41) is 12.9. The third kappa shape index (κ3) is 6.71. The number of carbonyl (C=O) groups excluding carboxylic acids is 2. The first-order chi connectivity index (χ1) is 19.5. The zero-order valence-corrected chi connectivity index (χ0v) is 21.8. The van der Waals surface area contributed by atoms with Crippen molar-refractivity contribution in [2.75, 3.05) is 19.0 Å². The first-order valence-corrected chi connectivity index (χ1v) is 11.8. The number of rotatable bonds is 11. The Morgan fingerprint density at radius 1 is 1.12 bits per heavy atom. The fourth-order valence-corrected chi connectivity index (χ4v) is 3.93. The maximum absolute atomic E-state index is 14.6. The molecule has 2 heterocycles. The summed E-state index contributed by atoms with van der Waals surface area (Å²) in [6.45, 7) is 1.05. The van der Waals surface area contributed by atoms with Gasteiger partial charge in [0.25, 0.3) is 10.8 Å². The highest BCUT2D eigenvalue weighted by molar-refractivity contribution is 7.99. The molecule has 3 rings (SSSR count). The van der Waals surface area contributed by atoms with E-state index in [2.05, 4.69) is 25.3 Å². The zero-order chi connectivity index (χ0) is 31.5. The van der Waals surface area contributed by atoms with Gasteiger partial charge in [0.2, 0.25) is 5.16 Å². The average molecular weight is 630 g/mol. The van der Waals surface area contributed by atoms with Crippen LogP contribution in [0.3, 0.4) is 0 Å². The second-order valence-corrected chi connectivity index (χ2v) is 8.91. The van der Waals surface area contributed by atoms with Crippen molar-refractivity contribution in [1.29, 1.82) is 0 Å². The van der Waals surface area contributed by atoms with Crippen molar-refractivity contribution in [3.8, 4) is 0 Å². The maximum atomic E-state index is 14.6. The normalized spacial score (nSPS) is 12.1. The van der Waals surface area contributed by atoms with Gasteiger partial charge in [-0.3, -0.25) is 9.59 Å². The van der Waals surface area contributed by atoms with Crippen LogP contribution in [0.2, 0.25) is 0 Å². The standard InChI is InChI=1S/C21H15F8N7O5S/c1-10(37)41-6-5-35-18(32-33-34-35)42-15-4-3-12(36(39)40-2)8-13(15)17(38)31-16-14(22)7-11(9-30-16)19(23,24)20(25,26)21(27,28)29/h3-4,7-9H,5-6H2,1-2H3/p+1. The number of anilines is 1. The van der Waals surface area contributed by atoms with Gasteiger partial charge in [-0.2, -0.15) is 30.7 Å². The summed E-state index contributed by atoms with van der Waals surface area (Å²) in [6, 6.07) is 3.07. The SMILES string of the molecule is CO[N+](=O)c1ccc(Sc2nnnn2CCOC(C)=O)c(C(=O)Nc2ncc(C(F)(F)C(F)(F)C(F)(F)F)cc2F)c1. The largest absolute Gasteiger partial charge is 0.464 e. The maximum Gasteiger partial charge on any atom is 0.460 e. The molecule has 1 aromatic carbocycles. The molecule has 1 N–H and O–H groups in total. The molecule has 0 bridgehead atoms. The van der Waals surface area contributed by atoms with Crippen LogP contribution in [0.1, 0.15) is 22.8 Å². The molecule has 0 fully saturated rings. The number of aromatic nitrogens is 5. The van der Waals surface area contributed by atoms with Crippen LogP contribution in [0.25, 0.3) is 0 Å². The molecule has 1 amide bonds. The molecule has 0 radical (unpaired) electrons. The molecule has 0 spiro atoms. The highest BCUT2D eigenvalue weighted by atomic mass is 32.2. The van der Waals surface area contributed by atoms with E-state index in [4.69, 9.17) is 4.74 Å². The fraction of sp³-hybridized carbons (Fsp3) is 0.333. The lowest BCUT2D eigenvalue weighted by Crippen LogP contribution is -2.50. The summed E-state index contributed by atoms with van der Waals surface area (Å²) < 4.78 is 113. The molecule has 42 heavy (non-hydrogen) atoms. The Hall–Kier alpha value is -4.43. The predicted molar refractivity (Wildman–Crippen MR) is 122 cm³/mol. The number of esters is 1. The van der Waals surface area contributed by atoms with E-state index < -0.39 is 47.1 Å². The van der Waals surface area contributed by atoms with Gasteiger partial charge >= 0.3 is 29.7 Å². The van der Waals surface area contributed by atoms with E-state index in [0.29, 0.717) is 0 Å². The monoisotopic (exact) mass is 630 g/mol. The first-order valence-electron chi connectivity index (χ1n) is 11.0. The number of carbonyl (C=O) groups is 2. The number of amides is 1. The fourth-order valence-electron chi connectivity index (χ4n) is 3.02. The molecule has 0 atom stereocenters. The molecule has 21 heteroatoms. The van der Waals surface area contributed by atoms with Crippen molar-refractivity contribution in [2.45, 2.75) is 41.5 Å². The third-order valence-corrected chi connectivity index (χ3v) is 6.13. The lowest BCUT2D eigenvalue weighted by atomic mass is 10.0. The Kier molecular flexibility index (Phi) is 9.33. The molecule has 0 aliphatic carbocycles. The van der Waals surface area contributed by atoms with Crippen LogP contribution < -0.4 is 5.32 Å². The van der Waals surface area contributed by atoms with E-state index in [1.165, 1.54) is 23.7 Å². The molecule has 0 saturated heterocycles. The number of nitrogens with zero attached hydrogens (tertiary/aromatic N) is 6. The molecular weight excluding hydrogens is 614 g/mol. The molecule has 0 aliphatic rings. The highest BCUT2D eigenvalue weighted by Gasteiger charge is 2.73. The van der Waals surface area contributed by atoms with Crippen molar-refractivity contribution in [1.82, 2.24) is 25.2 Å². The molecule has 3 aromatic rings. The third-order valence-electron chi connectivity index (χ3n) is 5.08. The van der Waals surface area contributed by atoms with Crippen LogP contribution in [0.4, 0.5) is 46.6 Å². The van der Waals surface area contributed by atoms with Crippen LogP contribution >= 0.6 is 11.8 Å². The minimum atomic E-state index is -6.67. The van der Waals surface area contributed by atoms with Gasteiger partial charge < -0.3 is 10.1 Å². The Balaban J connectivity index is 1.93. The Morgan fingerprint density at radius 3 is 2.40 bits per heavy atom. The van der Waals surface area contributed by atoms with Crippen molar-refractivity contribution in [2.24, 2.45) is 0 Å². The lowest BCUT2D eigenvalue weighted by molar-refractivity contribution is -0.736. The van der Waals surface area contributed by atoms with Gasteiger partial charge in [0, 0.05) is 35.7 Å². The molecule has 12 nitrogen and oxygen atoms in total. The van der Waals surface area contributed by atoms with Crippen molar-refractivity contribution in [3.63, 3.8) is 0 Å². The van der Waals surface area contributed by atoms with E-state index in [1.54, 1.807) is 0 Å². The van der Waals surface area contributed by atoms with Crippen LogP contribution in [0.5, 0.6) is 0 Å². The number of pyridine rings is 1. The number of alkyl halides is 7. The second kappa shape index (κ2) is 12.2. The number of hydrogen-bond donors (Lipinski definition) is 1. The number of tetrazole rings is 1. The van der Waals surface area contributed by atoms with E-state index in [9.17, 15) is 49.6 Å². The van der Waals surface area contributed by atoms with Gasteiger partial charge in [0.15, 0.2) is 18.7 Å². The molecule has 226 valence electrons. The summed E-state index contributed by atoms with van der Waals surface area (Å²) >= 11 is 0.749. The Morgan fingerprint density at radius 2 is 1.81 bits per heavy atom. The van der Waals surface area contributed by atoms with Gasteiger partial charge in [-0.1, -0.05) is 0 Å². The predicted octanol–water partition coefficient (Wildman–Crippen LogP) is 4.44. The van der Waals surface area contributed by atoms with E-state index in [-0.39, 0.29) is 51.6 Å². The molecule has 0 unspecified atom stereocenters. The van der Waals surface area contributed by atoms with E-state index >= 15 is 0 Å². The van der Waals surface area contributed by atoms with Crippen LogP contribution in [-0.2, 0) is 26.8 Å². The van der Waals surface area contributed by atoms with E-state index in [0.717, 1.165) is 24.9 Å². The molecular formula is C21H16F8N7O5S+. The highest BCUT2D eigenvalue weighted by Crippen LogP contribution is 2.51. The van der Waals surface area contributed by atoms with Gasteiger partial charge in [-0.05, 0) is 34.3 Å². The summed E-state index contributed by atoms with van der Waals surface area (Å²) in [5.41, 5.74) is -2.75. The number of ether oxygens (including phenoxy) is 1. The number of benzene rings is 1. The van der Waals surface area contributed by atoms with Gasteiger partial charge in [-0.15, -0.1) is 5.10 Å². The Labute approximate surface area is 232 Å². The number of nitrogens with one attached hydrogen (secondary N) is 1. The number of halogens is 8. The van der Waals surface area contributed by atoms with Gasteiger partial charge in [-0.25, -0.2) is 18.9 Å². The Bertz CT molecular complexity index is 1500. The first kappa shape index (κ1) is 32.1. The lowest BCUT2D eigenvalue weighted by Gasteiger charge is -2.28. The quantitative estimate of drug-likeness (QED) is 0.184. The summed E-state index contributed by atoms with van der Waals surface area (Å²) in [5.74, 6) is -17.3. The molecule has 0 saturated carbocycles. The van der Waals surface area contributed by atoms with Crippen LogP contribution in [-0.4, -0.2) is 67.8 Å². The number of hydrogen-bond acceptors (Lipinski definition) is 10. The molecule has 2 aromatic heterocycles. The van der Waals surface area contributed by atoms with E-state index in [1.807, 2.05) is 5.32 Å². The minimum absolute atomic E-state index is 0.00790. The van der Waals surface area contributed by atoms with Gasteiger partial charge in [0.1, 0.15) is 6.61 Å². The summed E-state index contributed by atoms with van der Waals surface area (Å²) in [4.78, 5) is 43.6. The smallest absolute Gasteiger partial charge is 0.460 e. The average Bonchev–Trinajstić information content (AvgIpc) is 3.35. The van der Waals surface area contributed by atoms with Gasteiger partial charge in [0.05, 0.1) is 17.0 Å². The zero-order valence-electron chi connectivity index (χ0n) is 21.0. The van der Waals surface area contributed by atoms with Crippen molar-refractivity contribution >= 4 is 35.1 Å². The van der Waals surface area contributed by atoms with Crippen molar-refractivity contribution in [3.05, 3.63) is 52.3 Å². The summed E-state index contributed by atoms with van der Waals surface area (Å²) in [6.07, 6.45) is -6.83. The van der Waals surface area contributed by atoms with Crippen LogP contribution in [0.15, 0.2) is 40.5 Å². The topological polar surface area (TPSA) is 141 Å².